The molecule has 0 aliphatic rings. The van der Waals surface area contributed by atoms with E-state index in [9.17, 15) is 13.2 Å². The highest BCUT2D eigenvalue weighted by Crippen LogP contribution is 2.23. The van der Waals surface area contributed by atoms with Gasteiger partial charge in [0.1, 0.15) is 0 Å². The third kappa shape index (κ3) is 1.63. The number of aryl methyl sites for hydroxylation is 1. The molecule has 4 nitrogen and oxygen atoms in total. The Bertz CT molecular complexity index is 668. The van der Waals surface area contributed by atoms with Gasteiger partial charge in [0.2, 0.25) is 0 Å². The number of hydrogen-bond acceptors (Lipinski definition) is 3. The van der Waals surface area contributed by atoms with Gasteiger partial charge >= 0.3 is 0 Å². The molecule has 84 valence electrons. The van der Waals surface area contributed by atoms with E-state index in [0.717, 1.165) is 23.8 Å². The topological polar surface area (TPSA) is 67.0 Å². The first-order valence-electron chi connectivity index (χ1n) is 4.71. The van der Waals surface area contributed by atoms with Crippen LogP contribution in [0.15, 0.2) is 23.1 Å². The van der Waals surface area contributed by atoms with E-state index in [2.05, 4.69) is 4.98 Å². The Morgan fingerprint density at radius 2 is 2.00 bits per heavy atom. The van der Waals surface area contributed by atoms with Gasteiger partial charge in [0.25, 0.3) is 0 Å². The Morgan fingerprint density at radius 1 is 1.31 bits per heavy atom. The molecule has 0 aliphatic heterocycles. The molecule has 0 radical (unpaired) electrons. The Labute approximate surface area is 93.2 Å². The first kappa shape index (κ1) is 10.9. The molecule has 5 heteroatoms. The van der Waals surface area contributed by atoms with Crippen LogP contribution < -0.4 is 0 Å². The van der Waals surface area contributed by atoms with Gasteiger partial charge in [-0.3, -0.25) is 4.79 Å². The quantitative estimate of drug-likeness (QED) is 0.808. The molecular weight excluding hydrogens is 226 g/mol. The first-order valence-corrected chi connectivity index (χ1v) is 6.60. The maximum atomic E-state index is 11.4. The summed E-state index contributed by atoms with van der Waals surface area (Å²) in [7, 11) is -3.24. The molecule has 2 rings (SSSR count). The summed E-state index contributed by atoms with van der Waals surface area (Å²) >= 11 is 0. The molecule has 0 saturated carbocycles. The number of fused-ring (bicyclic) bond motifs is 1. The zero-order valence-electron chi connectivity index (χ0n) is 8.94. The average molecular weight is 237 g/mol. The fourth-order valence-electron chi connectivity index (χ4n) is 1.71. The monoisotopic (exact) mass is 237 g/mol. The van der Waals surface area contributed by atoms with E-state index in [4.69, 9.17) is 0 Å². The summed E-state index contributed by atoms with van der Waals surface area (Å²) < 4.78 is 22.8. The number of H-pyrrole nitrogens is 1. The fourth-order valence-corrected chi connectivity index (χ4v) is 2.36. The van der Waals surface area contributed by atoms with Crippen LogP contribution in [0.25, 0.3) is 10.9 Å². The minimum Gasteiger partial charge on any atom is -0.358 e. The van der Waals surface area contributed by atoms with Gasteiger partial charge in [-0.1, -0.05) is 0 Å². The molecule has 1 N–H and O–H groups in total. The van der Waals surface area contributed by atoms with Crippen LogP contribution in [0.2, 0.25) is 0 Å². The van der Waals surface area contributed by atoms with Crippen LogP contribution in [-0.2, 0) is 9.84 Å². The van der Waals surface area contributed by atoms with E-state index >= 15 is 0 Å². The van der Waals surface area contributed by atoms with Crippen LogP contribution in [0.3, 0.4) is 0 Å². The van der Waals surface area contributed by atoms with Crippen LogP contribution in [0, 0.1) is 6.92 Å². The van der Waals surface area contributed by atoms with Gasteiger partial charge in [-0.05, 0) is 25.1 Å². The van der Waals surface area contributed by atoms with Crippen molar-refractivity contribution >= 4 is 27.0 Å². The highest BCUT2D eigenvalue weighted by Gasteiger charge is 2.12. The molecule has 0 spiro atoms. The number of carbonyl (C=O) groups is 1. The molecule has 0 fully saturated rings. The molecule has 1 heterocycles. The predicted octanol–water partition coefficient (Wildman–Crippen LogP) is 1.69. The van der Waals surface area contributed by atoms with Gasteiger partial charge in [0, 0.05) is 28.4 Å². The van der Waals surface area contributed by atoms with Crippen LogP contribution in [-0.4, -0.2) is 25.9 Å². The lowest BCUT2D eigenvalue weighted by molar-refractivity contribution is 0.112. The fraction of sp³-hybridized carbons (Fsp3) is 0.182. The third-order valence-corrected chi connectivity index (χ3v) is 3.66. The lowest BCUT2D eigenvalue weighted by atomic mass is 10.1. The molecule has 2 aromatic rings. The zero-order valence-corrected chi connectivity index (χ0v) is 9.76. The molecule has 0 aliphatic carbocycles. The lowest BCUT2D eigenvalue weighted by Gasteiger charge is -1.98. The lowest BCUT2D eigenvalue weighted by Crippen LogP contribution is -1.96. The van der Waals surface area contributed by atoms with Crippen LogP contribution in [0.5, 0.6) is 0 Å². The number of hydrogen-bond donors (Lipinski definition) is 1. The number of carbonyl (C=O) groups excluding carboxylic acids is 1. The summed E-state index contributed by atoms with van der Waals surface area (Å²) in [6, 6.07) is 4.73. The molecule has 16 heavy (non-hydrogen) atoms. The summed E-state index contributed by atoms with van der Waals surface area (Å²) in [5.74, 6) is 0. The molecule has 0 saturated heterocycles. The second-order valence-corrected chi connectivity index (χ2v) is 5.78. The van der Waals surface area contributed by atoms with Gasteiger partial charge in [-0.2, -0.15) is 0 Å². The van der Waals surface area contributed by atoms with Crippen molar-refractivity contribution in [2.75, 3.05) is 6.26 Å². The van der Waals surface area contributed by atoms with Crippen molar-refractivity contribution in [3.8, 4) is 0 Å². The van der Waals surface area contributed by atoms with Crippen molar-refractivity contribution in [2.45, 2.75) is 11.8 Å². The molecule has 1 aromatic carbocycles. The van der Waals surface area contributed by atoms with E-state index in [1.54, 1.807) is 13.0 Å². The molecule has 0 amide bonds. The minimum absolute atomic E-state index is 0.224. The molecule has 0 unspecified atom stereocenters. The van der Waals surface area contributed by atoms with E-state index in [1.807, 2.05) is 0 Å². The molecule has 0 atom stereocenters. The number of aromatic nitrogens is 1. The van der Waals surface area contributed by atoms with Gasteiger partial charge in [-0.15, -0.1) is 0 Å². The van der Waals surface area contributed by atoms with Gasteiger partial charge < -0.3 is 4.98 Å². The van der Waals surface area contributed by atoms with Crippen molar-refractivity contribution in [2.24, 2.45) is 0 Å². The van der Waals surface area contributed by atoms with Crippen molar-refractivity contribution in [3.05, 3.63) is 29.5 Å². The summed E-state index contributed by atoms with van der Waals surface area (Å²) in [6.07, 6.45) is 1.88. The number of aldehydes is 1. The number of rotatable bonds is 2. The van der Waals surface area contributed by atoms with Crippen molar-refractivity contribution in [1.29, 1.82) is 0 Å². The van der Waals surface area contributed by atoms with Crippen LogP contribution >= 0.6 is 0 Å². The summed E-state index contributed by atoms with van der Waals surface area (Å²) in [5.41, 5.74) is 2.03. The van der Waals surface area contributed by atoms with Gasteiger partial charge in [0.05, 0.1) is 4.90 Å². The summed E-state index contributed by atoms with van der Waals surface area (Å²) in [5, 5.41) is 0.649. The number of aromatic amines is 1. The third-order valence-electron chi connectivity index (χ3n) is 2.55. The standard InChI is InChI=1S/C11H11NO3S/c1-7-10(6-13)9-5-8(16(2,14)15)3-4-11(9)12-7/h3-6,12H,1-2H3. The Kier molecular flexibility index (Phi) is 2.35. The Morgan fingerprint density at radius 3 is 2.56 bits per heavy atom. The SMILES string of the molecule is Cc1[nH]c2ccc(S(C)(=O)=O)cc2c1C=O. The number of benzene rings is 1. The first-order chi connectivity index (χ1) is 7.43. The molecular formula is C11H11NO3S. The Hall–Kier alpha value is -1.62. The number of nitrogens with one attached hydrogen (secondary N) is 1. The average Bonchev–Trinajstić information content (AvgIpc) is 2.50. The molecule has 0 bridgehead atoms. The highest BCUT2D eigenvalue weighted by atomic mass is 32.2. The van der Waals surface area contributed by atoms with Crippen LogP contribution in [0.1, 0.15) is 16.1 Å². The summed E-state index contributed by atoms with van der Waals surface area (Å²) in [6.45, 7) is 1.78. The van der Waals surface area contributed by atoms with Gasteiger partial charge in [0.15, 0.2) is 16.1 Å². The van der Waals surface area contributed by atoms with Crippen molar-refractivity contribution < 1.29 is 13.2 Å². The summed E-state index contributed by atoms with van der Waals surface area (Å²) in [4.78, 5) is 14.1. The highest BCUT2D eigenvalue weighted by molar-refractivity contribution is 7.90. The predicted molar refractivity (Wildman–Crippen MR) is 61.5 cm³/mol. The zero-order chi connectivity index (χ0) is 11.9. The van der Waals surface area contributed by atoms with E-state index in [0.29, 0.717) is 10.9 Å². The largest absolute Gasteiger partial charge is 0.358 e. The number of sulfone groups is 1. The van der Waals surface area contributed by atoms with Gasteiger partial charge in [-0.25, -0.2) is 8.42 Å². The smallest absolute Gasteiger partial charge is 0.175 e. The van der Waals surface area contributed by atoms with E-state index < -0.39 is 9.84 Å². The van der Waals surface area contributed by atoms with Crippen molar-refractivity contribution in [3.63, 3.8) is 0 Å². The molecule has 1 aromatic heterocycles. The maximum Gasteiger partial charge on any atom is 0.175 e. The normalized spacial score (nSPS) is 11.9. The van der Waals surface area contributed by atoms with E-state index in [-0.39, 0.29) is 4.90 Å². The van der Waals surface area contributed by atoms with Crippen LogP contribution in [0.4, 0.5) is 0 Å². The van der Waals surface area contributed by atoms with Crippen molar-refractivity contribution in [1.82, 2.24) is 4.98 Å². The minimum atomic E-state index is -3.24. The van der Waals surface area contributed by atoms with E-state index in [1.165, 1.54) is 12.1 Å². The second-order valence-electron chi connectivity index (χ2n) is 3.76. The Balaban J connectivity index is 2.84. The maximum absolute atomic E-state index is 11.4. The second kappa shape index (κ2) is 3.45.